The van der Waals surface area contributed by atoms with E-state index in [4.69, 9.17) is 15.2 Å². The van der Waals surface area contributed by atoms with Crippen molar-refractivity contribution in [2.24, 2.45) is 5.73 Å². The van der Waals surface area contributed by atoms with Gasteiger partial charge in [-0.15, -0.1) is 0 Å². The van der Waals surface area contributed by atoms with Crippen molar-refractivity contribution in [1.29, 1.82) is 0 Å². The maximum atomic E-state index is 11.8. The Bertz CT molecular complexity index is 293. The molecule has 2 unspecified atom stereocenters. The minimum absolute atomic E-state index is 0.247. The molecular weight excluding hydrogens is 258 g/mol. The number of likely N-dealkylation sites (N-methyl/N-ethyl adjacent to an activating group) is 1. The highest BCUT2D eigenvalue weighted by molar-refractivity contribution is 5.84. The molecule has 6 heteroatoms. The van der Waals surface area contributed by atoms with E-state index < -0.39 is 5.54 Å². The molecular formula is C14H29N3O3. The van der Waals surface area contributed by atoms with Gasteiger partial charge in [-0.05, 0) is 32.7 Å². The second-order valence-corrected chi connectivity index (χ2v) is 5.47. The average molecular weight is 287 g/mol. The van der Waals surface area contributed by atoms with Crippen molar-refractivity contribution < 1.29 is 14.3 Å². The number of ether oxygens (including phenoxy) is 2. The summed E-state index contributed by atoms with van der Waals surface area (Å²) in [6, 6.07) is 0.342. The van der Waals surface area contributed by atoms with E-state index in [1.54, 1.807) is 14.2 Å². The first kappa shape index (κ1) is 17.4. The minimum atomic E-state index is -0.568. The molecule has 0 heterocycles. The van der Waals surface area contributed by atoms with Gasteiger partial charge in [0.05, 0.1) is 18.8 Å². The van der Waals surface area contributed by atoms with Gasteiger partial charge in [0.1, 0.15) is 0 Å². The van der Waals surface area contributed by atoms with Gasteiger partial charge >= 0.3 is 0 Å². The van der Waals surface area contributed by atoms with Crippen LogP contribution in [0.2, 0.25) is 0 Å². The zero-order chi connectivity index (χ0) is 15.0. The number of carbonyl (C=O) groups excluding carboxylic acids is 1. The zero-order valence-electron chi connectivity index (χ0n) is 13.0. The number of nitrogens with two attached hydrogens (primary N) is 1. The van der Waals surface area contributed by atoms with Gasteiger partial charge in [-0.25, -0.2) is 0 Å². The Hall–Kier alpha value is -0.690. The maximum Gasteiger partial charge on any atom is 0.237 e. The molecule has 1 rings (SSSR count). The molecule has 6 nitrogen and oxygen atoms in total. The SMILES string of the molecule is CNC1(C(N)=O)CCCC(N(CCOC)CCOC)C1. The first-order valence-corrected chi connectivity index (χ1v) is 7.30. The largest absolute Gasteiger partial charge is 0.383 e. The Labute approximate surface area is 122 Å². The molecule has 0 aromatic rings. The van der Waals surface area contributed by atoms with E-state index in [1.165, 1.54) is 0 Å². The molecule has 1 amide bonds. The number of carbonyl (C=O) groups is 1. The van der Waals surface area contributed by atoms with Crippen molar-refractivity contribution >= 4 is 5.91 Å². The van der Waals surface area contributed by atoms with E-state index in [0.29, 0.717) is 19.3 Å². The molecule has 1 fully saturated rings. The predicted molar refractivity (Wildman–Crippen MR) is 78.6 cm³/mol. The fourth-order valence-electron chi connectivity index (χ4n) is 3.03. The van der Waals surface area contributed by atoms with E-state index >= 15 is 0 Å². The molecule has 118 valence electrons. The first-order valence-electron chi connectivity index (χ1n) is 7.30. The van der Waals surface area contributed by atoms with E-state index in [-0.39, 0.29) is 5.91 Å². The number of nitrogens with one attached hydrogen (secondary N) is 1. The molecule has 0 saturated heterocycles. The van der Waals surface area contributed by atoms with Crippen LogP contribution in [0.5, 0.6) is 0 Å². The standard InChI is InChI=1S/C14H29N3O3/c1-16-14(13(15)18)6-4-5-12(11-14)17(7-9-19-2)8-10-20-3/h12,16H,4-11H2,1-3H3,(H2,15,18). The summed E-state index contributed by atoms with van der Waals surface area (Å²) in [5, 5.41) is 3.15. The molecule has 20 heavy (non-hydrogen) atoms. The van der Waals surface area contributed by atoms with Crippen LogP contribution in [0.3, 0.4) is 0 Å². The van der Waals surface area contributed by atoms with Crippen molar-refractivity contribution in [3.05, 3.63) is 0 Å². The van der Waals surface area contributed by atoms with Crippen molar-refractivity contribution in [3.8, 4) is 0 Å². The number of primary amides is 1. The molecule has 0 bridgehead atoms. The van der Waals surface area contributed by atoms with Gasteiger partial charge in [0.25, 0.3) is 0 Å². The zero-order valence-corrected chi connectivity index (χ0v) is 13.0. The fourth-order valence-corrected chi connectivity index (χ4v) is 3.03. The van der Waals surface area contributed by atoms with Gasteiger partial charge in [0, 0.05) is 33.4 Å². The molecule has 0 aliphatic heterocycles. The molecule has 3 N–H and O–H groups in total. The third-order valence-electron chi connectivity index (χ3n) is 4.36. The summed E-state index contributed by atoms with van der Waals surface area (Å²) < 4.78 is 10.4. The molecule has 1 saturated carbocycles. The van der Waals surface area contributed by atoms with E-state index in [1.807, 2.05) is 7.05 Å². The normalized spacial score (nSPS) is 26.9. The maximum absolute atomic E-state index is 11.8. The van der Waals surface area contributed by atoms with Crippen molar-refractivity contribution in [3.63, 3.8) is 0 Å². The Morgan fingerprint density at radius 3 is 2.40 bits per heavy atom. The number of nitrogens with zero attached hydrogens (tertiary/aromatic N) is 1. The molecule has 0 aromatic heterocycles. The van der Waals surface area contributed by atoms with Crippen LogP contribution in [0.25, 0.3) is 0 Å². The van der Waals surface area contributed by atoms with Crippen LogP contribution in [-0.2, 0) is 14.3 Å². The van der Waals surface area contributed by atoms with E-state index in [2.05, 4.69) is 10.2 Å². The Morgan fingerprint density at radius 1 is 1.35 bits per heavy atom. The van der Waals surface area contributed by atoms with Gasteiger partial charge in [-0.2, -0.15) is 0 Å². The summed E-state index contributed by atoms with van der Waals surface area (Å²) in [5.74, 6) is -0.247. The van der Waals surface area contributed by atoms with Crippen LogP contribution in [-0.4, -0.2) is 70.0 Å². The molecule has 2 atom stereocenters. The van der Waals surface area contributed by atoms with Crippen molar-refractivity contribution in [2.75, 3.05) is 47.6 Å². The summed E-state index contributed by atoms with van der Waals surface area (Å²) in [6.45, 7) is 3.07. The average Bonchev–Trinajstić information content (AvgIpc) is 2.47. The van der Waals surface area contributed by atoms with Gasteiger partial charge in [-0.3, -0.25) is 9.69 Å². The predicted octanol–water partition coefficient (Wildman–Crippen LogP) is -0.0327. The number of methoxy groups -OCH3 is 2. The second-order valence-electron chi connectivity index (χ2n) is 5.47. The van der Waals surface area contributed by atoms with Crippen molar-refractivity contribution in [1.82, 2.24) is 10.2 Å². The van der Waals surface area contributed by atoms with Gasteiger partial charge < -0.3 is 20.5 Å². The summed E-state index contributed by atoms with van der Waals surface area (Å²) in [7, 11) is 5.23. The van der Waals surface area contributed by atoms with Gasteiger partial charge in [0.15, 0.2) is 0 Å². The topological polar surface area (TPSA) is 76.8 Å². The van der Waals surface area contributed by atoms with Crippen LogP contribution in [0.15, 0.2) is 0 Å². The lowest BCUT2D eigenvalue weighted by Crippen LogP contribution is -2.60. The van der Waals surface area contributed by atoms with Gasteiger partial charge in [0.2, 0.25) is 5.91 Å². The summed E-state index contributed by atoms with van der Waals surface area (Å²) in [4.78, 5) is 14.1. The highest BCUT2D eigenvalue weighted by Crippen LogP contribution is 2.31. The van der Waals surface area contributed by atoms with Crippen molar-refractivity contribution in [2.45, 2.75) is 37.3 Å². The molecule has 1 aliphatic carbocycles. The summed E-state index contributed by atoms with van der Waals surface area (Å²) >= 11 is 0. The molecule has 0 aromatic carbocycles. The van der Waals surface area contributed by atoms with Crippen LogP contribution in [0.4, 0.5) is 0 Å². The summed E-state index contributed by atoms with van der Waals surface area (Å²) in [6.07, 6.45) is 3.67. The van der Waals surface area contributed by atoms with Crippen LogP contribution >= 0.6 is 0 Å². The van der Waals surface area contributed by atoms with Crippen LogP contribution in [0.1, 0.15) is 25.7 Å². The Balaban J connectivity index is 2.71. The van der Waals surface area contributed by atoms with E-state index in [0.717, 1.165) is 38.8 Å². The quantitative estimate of drug-likeness (QED) is 0.622. The smallest absolute Gasteiger partial charge is 0.237 e. The molecule has 0 radical (unpaired) electrons. The fraction of sp³-hybridized carbons (Fsp3) is 0.929. The lowest BCUT2D eigenvalue weighted by molar-refractivity contribution is -0.126. The Kier molecular flexibility index (Phi) is 7.43. The van der Waals surface area contributed by atoms with E-state index in [9.17, 15) is 4.79 Å². The lowest BCUT2D eigenvalue weighted by Gasteiger charge is -2.43. The second kappa shape index (κ2) is 8.56. The monoisotopic (exact) mass is 287 g/mol. The molecule has 0 spiro atoms. The molecule has 1 aliphatic rings. The van der Waals surface area contributed by atoms with Gasteiger partial charge in [-0.1, -0.05) is 0 Å². The first-order chi connectivity index (χ1) is 9.59. The number of amides is 1. The van der Waals surface area contributed by atoms with Crippen LogP contribution < -0.4 is 11.1 Å². The third kappa shape index (κ3) is 4.41. The Morgan fingerprint density at radius 2 is 1.95 bits per heavy atom. The summed E-state index contributed by atoms with van der Waals surface area (Å²) in [5.41, 5.74) is 5.04. The number of hydrogen-bond donors (Lipinski definition) is 2. The lowest BCUT2D eigenvalue weighted by atomic mass is 9.78. The highest BCUT2D eigenvalue weighted by atomic mass is 16.5. The third-order valence-corrected chi connectivity index (χ3v) is 4.36. The van der Waals surface area contributed by atoms with Crippen LogP contribution in [0, 0.1) is 0 Å². The number of rotatable bonds is 9. The minimum Gasteiger partial charge on any atom is -0.383 e. The highest BCUT2D eigenvalue weighted by Gasteiger charge is 2.41. The number of hydrogen-bond acceptors (Lipinski definition) is 5.